The molecule has 0 aliphatic carbocycles. The zero-order chi connectivity index (χ0) is 15.4. The van der Waals surface area contributed by atoms with E-state index in [4.69, 9.17) is 15.1 Å². The van der Waals surface area contributed by atoms with Gasteiger partial charge in [0, 0.05) is 18.3 Å². The molecular formula is C13H7N3O5. The van der Waals surface area contributed by atoms with E-state index in [-0.39, 0.29) is 17.1 Å². The second kappa shape index (κ2) is 5.66. The van der Waals surface area contributed by atoms with E-state index < -0.39 is 22.1 Å². The van der Waals surface area contributed by atoms with Gasteiger partial charge in [-0.2, -0.15) is 5.26 Å². The van der Waals surface area contributed by atoms with Crippen molar-refractivity contribution in [2.75, 3.05) is 0 Å². The number of hydrogen-bond donors (Lipinski definition) is 1. The normalized spacial score (nSPS) is 9.67. The van der Waals surface area contributed by atoms with Crippen molar-refractivity contribution in [3.05, 3.63) is 57.9 Å². The van der Waals surface area contributed by atoms with Gasteiger partial charge in [0.1, 0.15) is 17.4 Å². The number of pyridine rings is 1. The average molecular weight is 285 g/mol. The quantitative estimate of drug-likeness (QED) is 0.674. The lowest BCUT2D eigenvalue weighted by Crippen LogP contribution is -2.03. The van der Waals surface area contributed by atoms with Gasteiger partial charge in [-0.1, -0.05) is 0 Å². The molecule has 1 heterocycles. The van der Waals surface area contributed by atoms with Crippen molar-refractivity contribution in [2.24, 2.45) is 0 Å². The van der Waals surface area contributed by atoms with E-state index in [9.17, 15) is 14.9 Å². The van der Waals surface area contributed by atoms with Crippen molar-refractivity contribution in [1.82, 2.24) is 4.98 Å². The van der Waals surface area contributed by atoms with Crippen LogP contribution in [-0.4, -0.2) is 21.0 Å². The van der Waals surface area contributed by atoms with Crippen LogP contribution in [0.2, 0.25) is 0 Å². The summed E-state index contributed by atoms with van der Waals surface area (Å²) in [6, 6.07) is 6.62. The summed E-state index contributed by atoms with van der Waals surface area (Å²) in [6.45, 7) is 0. The Morgan fingerprint density at radius 2 is 2.19 bits per heavy atom. The molecule has 8 heteroatoms. The predicted octanol–water partition coefficient (Wildman–Crippen LogP) is 2.35. The molecule has 0 aliphatic rings. The fraction of sp³-hybridized carbons (Fsp3) is 0. The first-order valence-corrected chi connectivity index (χ1v) is 5.56. The molecule has 8 nitrogen and oxygen atoms in total. The second-order valence-electron chi connectivity index (χ2n) is 3.83. The summed E-state index contributed by atoms with van der Waals surface area (Å²) >= 11 is 0. The smallest absolute Gasteiger partial charge is 0.342 e. The lowest BCUT2D eigenvalue weighted by molar-refractivity contribution is -0.385. The molecule has 0 aliphatic heterocycles. The van der Waals surface area contributed by atoms with Crippen LogP contribution in [0.25, 0.3) is 0 Å². The number of aromatic nitrogens is 1. The van der Waals surface area contributed by atoms with Crippen LogP contribution < -0.4 is 4.74 Å². The van der Waals surface area contributed by atoms with E-state index in [1.54, 1.807) is 0 Å². The molecule has 0 unspecified atom stereocenters. The third kappa shape index (κ3) is 2.93. The van der Waals surface area contributed by atoms with Crippen LogP contribution in [0.4, 0.5) is 5.69 Å². The minimum Gasteiger partial charge on any atom is -0.477 e. The fourth-order valence-electron chi connectivity index (χ4n) is 1.59. The maximum absolute atomic E-state index is 11.0. The minimum absolute atomic E-state index is 0.0579. The molecule has 0 spiro atoms. The summed E-state index contributed by atoms with van der Waals surface area (Å²) in [5.41, 5.74) is -0.832. The van der Waals surface area contributed by atoms with Gasteiger partial charge in [-0.25, -0.2) is 4.79 Å². The number of nitrogens with zero attached hydrogens (tertiary/aromatic N) is 3. The monoisotopic (exact) mass is 285 g/mol. The summed E-state index contributed by atoms with van der Waals surface area (Å²) in [5, 5.41) is 28.6. The first-order valence-electron chi connectivity index (χ1n) is 5.56. The van der Waals surface area contributed by atoms with Crippen LogP contribution in [0.5, 0.6) is 11.5 Å². The Morgan fingerprint density at radius 3 is 2.81 bits per heavy atom. The van der Waals surface area contributed by atoms with E-state index in [1.807, 2.05) is 6.07 Å². The molecular weight excluding hydrogens is 278 g/mol. The molecule has 21 heavy (non-hydrogen) atoms. The SMILES string of the molecule is N#Cc1ccncc1Oc1ccc([N+](=O)[O-])c(C(=O)O)c1. The molecule has 1 aromatic heterocycles. The molecule has 0 saturated carbocycles. The lowest BCUT2D eigenvalue weighted by Gasteiger charge is -2.07. The van der Waals surface area contributed by atoms with Gasteiger partial charge in [0.2, 0.25) is 0 Å². The number of nitro benzene ring substituents is 1. The van der Waals surface area contributed by atoms with E-state index in [0.29, 0.717) is 0 Å². The summed E-state index contributed by atoms with van der Waals surface area (Å²) in [4.78, 5) is 24.8. The third-order valence-electron chi connectivity index (χ3n) is 2.53. The lowest BCUT2D eigenvalue weighted by atomic mass is 10.1. The highest BCUT2D eigenvalue weighted by Crippen LogP contribution is 2.28. The first kappa shape index (κ1) is 14.0. The molecule has 2 aromatic rings. The number of rotatable bonds is 4. The Labute approximate surface area is 118 Å². The number of ether oxygens (including phenoxy) is 1. The van der Waals surface area contributed by atoms with Gasteiger partial charge in [0.05, 0.1) is 16.7 Å². The topological polar surface area (TPSA) is 126 Å². The average Bonchev–Trinajstić information content (AvgIpc) is 2.47. The van der Waals surface area contributed by atoms with Crippen molar-refractivity contribution in [3.8, 4) is 17.6 Å². The highest BCUT2D eigenvalue weighted by molar-refractivity contribution is 5.92. The number of nitriles is 1. The maximum atomic E-state index is 11.0. The van der Waals surface area contributed by atoms with Crippen molar-refractivity contribution < 1.29 is 19.6 Å². The highest BCUT2D eigenvalue weighted by atomic mass is 16.6. The Kier molecular flexibility index (Phi) is 3.76. The van der Waals surface area contributed by atoms with Crippen molar-refractivity contribution >= 4 is 11.7 Å². The molecule has 0 fully saturated rings. The van der Waals surface area contributed by atoms with E-state index in [2.05, 4.69) is 4.98 Å². The number of benzene rings is 1. The van der Waals surface area contributed by atoms with Crippen LogP contribution in [0.1, 0.15) is 15.9 Å². The second-order valence-corrected chi connectivity index (χ2v) is 3.83. The van der Waals surface area contributed by atoms with Gasteiger partial charge in [0.25, 0.3) is 5.69 Å². The Morgan fingerprint density at radius 1 is 1.43 bits per heavy atom. The number of carboxylic acids is 1. The van der Waals surface area contributed by atoms with E-state index in [0.717, 1.165) is 12.1 Å². The highest BCUT2D eigenvalue weighted by Gasteiger charge is 2.20. The molecule has 0 radical (unpaired) electrons. The van der Waals surface area contributed by atoms with Crippen molar-refractivity contribution in [1.29, 1.82) is 5.26 Å². The Balaban J connectivity index is 2.42. The van der Waals surface area contributed by atoms with Gasteiger partial charge in [-0.15, -0.1) is 0 Å². The minimum atomic E-state index is -1.45. The van der Waals surface area contributed by atoms with Crippen LogP contribution in [0.15, 0.2) is 36.7 Å². The summed E-state index contributed by atoms with van der Waals surface area (Å²) in [6.07, 6.45) is 2.70. The van der Waals surface area contributed by atoms with Crippen LogP contribution >= 0.6 is 0 Å². The zero-order valence-electron chi connectivity index (χ0n) is 10.4. The van der Waals surface area contributed by atoms with Gasteiger partial charge >= 0.3 is 5.97 Å². The standard InChI is InChI=1S/C13H7N3O5/c14-6-8-3-4-15-7-12(8)21-9-1-2-11(16(19)20)10(5-9)13(17)18/h1-5,7H,(H,17,18). The van der Waals surface area contributed by atoms with Crippen molar-refractivity contribution in [2.45, 2.75) is 0 Å². The molecule has 0 amide bonds. The number of carbonyl (C=O) groups is 1. The Bertz CT molecular complexity index is 767. The zero-order valence-corrected chi connectivity index (χ0v) is 10.4. The van der Waals surface area contributed by atoms with Crippen LogP contribution in [0.3, 0.4) is 0 Å². The molecule has 0 saturated heterocycles. The number of aromatic carboxylic acids is 1. The maximum Gasteiger partial charge on any atom is 0.342 e. The van der Waals surface area contributed by atoms with Gasteiger partial charge in [-0.05, 0) is 12.1 Å². The van der Waals surface area contributed by atoms with Gasteiger partial charge in [-0.3, -0.25) is 15.1 Å². The third-order valence-corrected chi connectivity index (χ3v) is 2.53. The number of hydrogen-bond acceptors (Lipinski definition) is 6. The predicted molar refractivity (Wildman–Crippen MR) is 69.1 cm³/mol. The van der Waals surface area contributed by atoms with Crippen molar-refractivity contribution in [3.63, 3.8) is 0 Å². The molecule has 0 bridgehead atoms. The molecule has 1 aromatic carbocycles. The van der Waals surface area contributed by atoms with Crippen LogP contribution in [0, 0.1) is 21.4 Å². The molecule has 104 valence electrons. The summed E-state index contributed by atoms with van der Waals surface area (Å²) in [5.74, 6) is -1.26. The number of carboxylic acid groups (broad SMARTS) is 1. The van der Waals surface area contributed by atoms with E-state index in [1.165, 1.54) is 24.5 Å². The van der Waals surface area contributed by atoms with E-state index >= 15 is 0 Å². The molecule has 1 N–H and O–H groups in total. The van der Waals surface area contributed by atoms with Gasteiger partial charge < -0.3 is 9.84 Å². The number of nitro groups is 1. The summed E-state index contributed by atoms with van der Waals surface area (Å²) < 4.78 is 5.36. The molecule has 0 atom stereocenters. The molecule has 2 rings (SSSR count). The Hall–Kier alpha value is -3.47. The van der Waals surface area contributed by atoms with Crippen LogP contribution in [-0.2, 0) is 0 Å². The summed E-state index contributed by atoms with van der Waals surface area (Å²) in [7, 11) is 0. The largest absolute Gasteiger partial charge is 0.477 e. The fourth-order valence-corrected chi connectivity index (χ4v) is 1.59. The first-order chi connectivity index (χ1) is 10.0. The van der Waals surface area contributed by atoms with Gasteiger partial charge in [0.15, 0.2) is 5.75 Å².